The highest BCUT2D eigenvalue weighted by Gasteiger charge is 2.31. The molecule has 1 aliphatic rings. The highest BCUT2D eigenvalue weighted by atomic mass is 32.2. The normalized spacial score (nSPS) is 18.0. The zero-order valence-corrected chi connectivity index (χ0v) is 10.4. The fourth-order valence-electron chi connectivity index (χ4n) is 1.52. The smallest absolute Gasteiger partial charge is 0.207 e. The largest absolute Gasteiger partial charge is 0.250 e. The van der Waals surface area contributed by atoms with Crippen LogP contribution in [0.15, 0.2) is 16.3 Å². The van der Waals surface area contributed by atoms with Crippen LogP contribution in [0.5, 0.6) is 0 Å². The lowest BCUT2D eigenvalue weighted by Gasteiger charge is -2.11. The monoisotopic (exact) mass is 256 g/mol. The van der Waals surface area contributed by atoms with Gasteiger partial charge in [-0.2, -0.15) is 5.26 Å². The summed E-state index contributed by atoms with van der Waals surface area (Å²) >= 11 is 1.00. The molecule has 0 saturated heterocycles. The number of hydrogen-bond donors (Lipinski definition) is 1. The number of rotatable bonds is 4. The third-order valence-corrected chi connectivity index (χ3v) is 5.67. The summed E-state index contributed by atoms with van der Waals surface area (Å²) < 4.78 is 26.7. The fraction of sp³-hybridized carbons (Fsp3) is 0.500. The first-order valence-corrected chi connectivity index (χ1v) is 7.35. The average molecular weight is 256 g/mol. The Hall–Kier alpha value is -0.900. The van der Waals surface area contributed by atoms with E-state index in [2.05, 4.69) is 4.72 Å². The number of nitrogens with one attached hydrogen (secondary N) is 1. The van der Waals surface area contributed by atoms with Crippen molar-refractivity contribution in [2.24, 2.45) is 5.92 Å². The first-order chi connectivity index (χ1) is 7.53. The molecule has 1 N–H and O–H groups in total. The molecule has 2 rings (SSSR count). The summed E-state index contributed by atoms with van der Waals surface area (Å²) in [5.74, 6) is 0.477. The predicted molar refractivity (Wildman–Crippen MR) is 61.5 cm³/mol. The van der Waals surface area contributed by atoms with Gasteiger partial charge in [0.1, 0.15) is 15.2 Å². The molecule has 86 valence electrons. The molecule has 0 radical (unpaired) electrons. The van der Waals surface area contributed by atoms with E-state index in [1.807, 2.05) is 13.0 Å². The molecule has 1 atom stereocenters. The second kappa shape index (κ2) is 4.17. The minimum Gasteiger partial charge on any atom is -0.207 e. The molecule has 1 fully saturated rings. The van der Waals surface area contributed by atoms with E-state index < -0.39 is 10.0 Å². The molecule has 6 heteroatoms. The van der Waals surface area contributed by atoms with Crippen LogP contribution in [0.1, 0.15) is 24.6 Å². The van der Waals surface area contributed by atoms with Crippen molar-refractivity contribution in [1.82, 2.24) is 4.72 Å². The first-order valence-electron chi connectivity index (χ1n) is 5.05. The van der Waals surface area contributed by atoms with Gasteiger partial charge in [-0.05, 0) is 37.8 Å². The third-order valence-electron chi connectivity index (χ3n) is 2.63. The van der Waals surface area contributed by atoms with Crippen molar-refractivity contribution in [3.63, 3.8) is 0 Å². The number of sulfonamides is 1. The molecular formula is C10H12N2O2S2. The maximum Gasteiger partial charge on any atom is 0.250 e. The van der Waals surface area contributed by atoms with Gasteiger partial charge in [0.05, 0.1) is 0 Å². The molecule has 16 heavy (non-hydrogen) atoms. The van der Waals surface area contributed by atoms with Crippen LogP contribution in [0, 0.1) is 17.2 Å². The van der Waals surface area contributed by atoms with E-state index in [0.29, 0.717) is 10.8 Å². The Morgan fingerprint density at radius 2 is 2.25 bits per heavy atom. The Morgan fingerprint density at radius 1 is 1.56 bits per heavy atom. The molecule has 1 aromatic rings. The minimum absolute atomic E-state index is 0.0161. The van der Waals surface area contributed by atoms with Crippen LogP contribution in [-0.2, 0) is 10.0 Å². The van der Waals surface area contributed by atoms with Gasteiger partial charge in [0.25, 0.3) is 0 Å². The summed E-state index contributed by atoms with van der Waals surface area (Å²) in [4.78, 5) is 0.416. The second-order valence-electron chi connectivity index (χ2n) is 3.98. The van der Waals surface area contributed by atoms with Crippen molar-refractivity contribution in [3.05, 3.63) is 17.0 Å². The van der Waals surface area contributed by atoms with Gasteiger partial charge in [-0.15, -0.1) is 11.3 Å². The van der Waals surface area contributed by atoms with Crippen LogP contribution in [0.3, 0.4) is 0 Å². The van der Waals surface area contributed by atoms with Crippen LogP contribution in [0.4, 0.5) is 0 Å². The highest BCUT2D eigenvalue weighted by molar-refractivity contribution is 7.91. The fourth-order valence-corrected chi connectivity index (χ4v) is 3.95. The lowest BCUT2D eigenvalue weighted by molar-refractivity contribution is 0.539. The Labute approximate surface area is 99.0 Å². The standard InChI is InChI=1S/C10H12N2O2S2/c1-7(8-2-3-8)12-16(13,14)10-5-4-9(6-11)15-10/h4-5,7-8,12H,2-3H2,1H3. The third kappa shape index (κ3) is 2.43. The molecule has 4 nitrogen and oxygen atoms in total. The van der Waals surface area contributed by atoms with Gasteiger partial charge in [0.2, 0.25) is 10.0 Å². The quantitative estimate of drug-likeness (QED) is 0.891. The SMILES string of the molecule is CC(NS(=O)(=O)c1ccc(C#N)s1)C1CC1. The number of hydrogen-bond acceptors (Lipinski definition) is 4. The maximum absolute atomic E-state index is 11.9. The van der Waals surface area contributed by atoms with Crippen LogP contribution in [0.2, 0.25) is 0 Å². The van der Waals surface area contributed by atoms with Crippen LogP contribution in [0.25, 0.3) is 0 Å². The van der Waals surface area contributed by atoms with Crippen LogP contribution < -0.4 is 4.72 Å². The van der Waals surface area contributed by atoms with E-state index in [9.17, 15) is 8.42 Å². The number of nitrogens with zero attached hydrogens (tertiary/aromatic N) is 1. The second-order valence-corrected chi connectivity index (χ2v) is 7.00. The summed E-state index contributed by atoms with van der Waals surface area (Å²) in [7, 11) is -3.44. The topological polar surface area (TPSA) is 70.0 Å². The van der Waals surface area contributed by atoms with Gasteiger partial charge in [-0.1, -0.05) is 0 Å². The molecule has 0 bridgehead atoms. The van der Waals surface area contributed by atoms with Crippen LogP contribution in [-0.4, -0.2) is 14.5 Å². The molecule has 1 heterocycles. The predicted octanol–water partition coefficient (Wildman–Crippen LogP) is 1.70. The lowest BCUT2D eigenvalue weighted by atomic mass is 10.2. The summed E-state index contributed by atoms with van der Waals surface area (Å²) in [5, 5.41) is 8.64. The maximum atomic E-state index is 11.9. The van der Waals surface area contributed by atoms with Gasteiger partial charge in [-0.25, -0.2) is 13.1 Å². The lowest BCUT2D eigenvalue weighted by Crippen LogP contribution is -2.33. The Balaban J connectivity index is 2.15. The van der Waals surface area contributed by atoms with Crippen LogP contribution >= 0.6 is 11.3 Å². The summed E-state index contributed by atoms with van der Waals surface area (Å²) in [6.07, 6.45) is 2.19. The van der Waals surface area contributed by atoms with E-state index in [-0.39, 0.29) is 10.3 Å². The van der Waals surface area contributed by atoms with Gasteiger partial charge >= 0.3 is 0 Å². The van der Waals surface area contributed by atoms with Crippen molar-refractivity contribution < 1.29 is 8.42 Å². The Bertz CT molecular complexity index is 523. The number of thiophene rings is 1. The molecule has 0 aromatic carbocycles. The summed E-state index contributed by atoms with van der Waals surface area (Å²) in [6, 6.07) is 4.92. The van der Waals surface area contributed by atoms with Gasteiger partial charge in [-0.3, -0.25) is 0 Å². The van der Waals surface area contributed by atoms with Gasteiger partial charge < -0.3 is 0 Å². The van der Waals surface area contributed by atoms with E-state index in [0.717, 1.165) is 24.2 Å². The molecule has 1 saturated carbocycles. The molecule has 1 unspecified atom stereocenters. The minimum atomic E-state index is -3.44. The summed E-state index contributed by atoms with van der Waals surface area (Å²) in [6.45, 7) is 1.88. The molecular weight excluding hydrogens is 244 g/mol. The van der Waals surface area contributed by atoms with Gasteiger partial charge in [0, 0.05) is 6.04 Å². The molecule has 1 aromatic heterocycles. The average Bonchev–Trinajstić information content (AvgIpc) is 2.95. The molecule has 1 aliphatic carbocycles. The van der Waals surface area contributed by atoms with Crippen molar-refractivity contribution in [2.75, 3.05) is 0 Å². The van der Waals surface area contributed by atoms with E-state index in [4.69, 9.17) is 5.26 Å². The van der Waals surface area contributed by atoms with Crippen molar-refractivity contribution in [2.45, 2.75) is 30.0 Å². The molecule has 0 aliphatic heterocycles. The van der Waals surface area contributed by atoms with E-state index in [1.54, 1.807) is 0 Å². The summed E-state index contributed by atoms with van der Waals surface area (Å²) in [5.41, 5.74) is 0. The van der Waals surface area contributed by atoms with Crippen molar-refractivity contribution in [1.29, 1.82) is 5.26 Å². The Morgan fingerprint density at radius 3 is 2.75 bits per heavy atom. The zero-order valence-electron chi connectivity index (χ0n) is 8.80. The molecule has 0 spiro atoms. The van der Waals surface area contributed by atoms with Crippen molar-refractivity contribution in [3.8, 4) is 6.07 Å². The van der Waals surface area contributed by atoms with E-state index >= 15 is 0 Å². The number of nitriles is 1. The van der Waals surface area contributed by atoms with Crippen molar-refractivity contribution >= 4 is 21.4 Å². The molecule has 0 amide bonds. The Kier molecular flexibility index (Phi) is 3.02. The first kappa shape index (κ1) is 11.6. The van der Waals surface area contributed by atoms with Gasteiger partial charge in [0.15, 0.2) is 0 Å². The highest BCUT2D eigenvalue weighted by Crippen LogP contribution is 2.33. The van der Waals surface area contributed by atoms with E-state index in [1.165, 1.54) is 12.1 Å². The zero-order chi connectivity index (χ0) is 11.8.